The lowest BCUT2D eigenvalue weighted by atomic mass is 10.2. The van der Waals surface area contributed by atoms with E-state index in [1.807, 2.05) is 18.2 Å². The minimum absolute atomic E-state index is 0.154. The maximum Gasteiger partial charge on any atom is 0.216 e. The summed E-state index contributed by atoms with van der Waals surface area (Å²) in [5, 5.41) is 20.9. The lowest BCUT2D eigenvalue weighted by Crippen LogP contribution is -1.95. The first kappa shape index (κ1) is 13.2. The molecule has 0 aliphatic rings. The van der Waals surface area contributed by atoms with Crippen molar-refractivity contribution in [3.63, 3.8) is 0 Å². The number of H-pyrrole nitrogens is 1. The molecule has 6 nitrogen and oxygen atoms in total. The second-order valence-corrected chi connectivity index (χ2v) is 4.59. The van der Waals surface area contributed by atoms with Crippen LogP contribution in [0.2, 0.25) is 0 Å². The van der Waals surface area contributed by atoms with E-state index in [4.69, 9.17) is 12.2 Å². The molecule has 0 spiro atoms. The fourth-order valence-corrected chi connectivity index (χ4v) is 1.98. The number of para-hydroxylation sites is 1. The highest BCUT2D eigenvalue weighted by molar-refractivity contribution is 7.71. The zero-order valence-electron chi connectivity index (χ0n) is 10.8. The van der Waals surface area contributed by atoms with E-state index in [0.717, 1.165) is 5.56 Å². The van der Waals surface area contributed by atoms with Gasteiger partial charge in [-0.05, 0) is 36.5 Å². The van der Waals surface area contributed by atoms with Crippen LogP contribution < -0.4 is 0 Å². The van der Waals surface area contributed by atoms with E-state index in [1.165, 1.54) is 10.9 Å². The van der Waals surface area contributed by atoms with Gasteiger partial charge in [0.1, 0.15) is 5.75 Å². The Balaban J connectivity index is 2.02. The van der Waals surface area contributed by atoms with Crippen molar-refractivity contribution < 1.29 is 5.11 Å². The Morgan fingerprint density at radius 1 is 1.19 bits per heavy atom. The summed E-state index contributed by atoms with van der Waals surface area (Å²) < 4.78 is 1.87. The lowest BCUT2D eigenvalue weighted by Gasteiger charge is -2.01. The molecule has 0 amide bonds. The van der Waals surface area contributed by atoms with Gasteiger partial charge in [-0.25, -0.2) is 5.10 Å². The number of nitrogens with zero attached hydrogens (tertiary/aromatic N) is 4. The molecule has 0 bridgehead atoms. The summed E-state index contributed by atoms with van der Waals surface area (Å²) >= 11 is 5.17. The van der Waals surface area contributed by atoms with Gasteiger partial charge in [-0.1, -0.05) is 12.1 Å². The van der Waals surface area contributed by atoms with E-state index in [2.05, 4.69) is 20.3 Å². The Kier molecular flexibility index (Phi) is 3.57. The van der Waals surface area contributed by atoms with Crippen molar-refractivity contribution in [2.75, 3.05) is 0 Å². The van der Waals surface area contributed by atoms with Gasteiger partial charge in [0.2, 0.25) is 4.77 Å². The summed E-state index contributed by atoms with van der Waals surface area (Å²) in [5.41, 5.74) is 1.44. The molecule has 1 aromatic carbocycles. The molecule has 2 N–H and O–H groups in total. The SMILES string of the molecule is Oc1ccccc1C=Nn1c(-c2ccncc2)n[nH]c1=S. The summed E-state index contributed by atoms with van der Waals surface area (Å²) in [6, 6.07) is 10.6. The van der Waals surface area contributed by atoms with E-state index in [1.54, 1.807) is 30.6 Å². The molecule has 0 aliphatic heterocycles. The molecule has 104 valence electrons. The Bertz CT molecular complexity index is 838. The predicted molar refractivity (Wildman–Crippen MR) is 81.7 cm³/mol. The van der Waals surface area contributed by atoms with E-state index < -0.39 is 0 Å². The predicted octanol–water partition coefficient (Wildman–Crippen LogP) is 2.59. The number of pyridine rings is 1. The minimum Gasteiger partial charge on any atom is -0.507 e. The van der Waals surface area contributed by atoms with E-state index in [-0.39, 0.29) is 5.75 Å². The Morgan fingerprint density at radius 3 is 2.71 bits per heavy atom. The van der Waals surface area contributed by atoms with Crippen molar-refractivity contribution in [1.29, 1.82) is 0 Å². The molecule has 0 aliphatic carbocycles. The number of phenolic OH excluding ortho intramolecular Hbond substituents is 1. The fourth-order valence-electron chi connectivity index (χ4n) is 1.80. The van der Waals surface area contributed by atoms with Crippen LogP contribution in [0.5, 0.6) is 5.75 Å². The smallest absolute Gasteiger partial charge is 0.216 e. The number of hydrogen-bond donors (Lipinski definition) is 2. The highest BCUT2D eigenvalue weighted by Gasteiger charge is 2.07. The highest BCUT2D eigenvalue weighted by Crippen LogP contribution is 2.17. The second-order valence-electron chi connectivity index (χ2n) is 4.20. The van der Waals surface area contributed by atoms with Crippen LogP contribution in [-0.4, -0.2) is 31.2 Å². The van der Waals surface area contributed by atoms with Crippen molar-refractivity contribution in [2.24, 2.45) is 5.10 Å². The Morgan fingerprint density at radius 2 is 1.95 bits per heavy atom. The van der Waals surface area contributed by atoms with Crippen LogP contribution in [-0.2, 0) is 0 Å². The molecule has 3 rings (SSSR count). The lowest BCUT2D eigenvalue weighted by molar-refractivity contribution is 0.474. The fraction of sp³-hybridized carbons (Fsp3) is 0. The molecule has 0 unspecified atom stereocenters. The number of phenols is 1. The molecule has 3 aromatic rings. The van der Waals surface area contributed by atoms with Crippen molar-refractivity contribution in [3.8, 4) is 17.1 Å². The van der Waals surface area contributed by atoms with Gasteiger partial charge in [-0.2, -0.15) is 14.9 Å². The Hall–Kier alpha value is -2.80. The van der Waals surface area contributed by atoms with Gasteiger partial charge in [0.05, 0.1) is 6.21 Å². The van der Waals surface area contributed by atoms with Gasteiger partial charge in [-0.3, -0.25) is 4.98 Å². The van der Waals surface area contributed by atoms with Crippen molar-refractivity contribution in [1.82, 2.24) is 19.9 Å². The van der Waals surface area contributed by atoms with Crippen LogP contribution in [0.4, 0.5) is 0 Å². The van der Waals surface area contributed by atoms with Gasteiger partial charge < -0.3 is 5.11 Å². The van der Waals surface area contributed by atoms with E-state index in [9.17, 15) is 5.11 Å². The molecular weight excluding hydrogens is 286 g/mol. The summed E-state index contributed by atoms with van der Waals surface area (Å²) in [4.78, 5) is 3.97. The van der Waals surface area contributed by atoms with Crippen LogP contribution in [0.1, 0.15) is 5.56 Å². The largest absolute Gasteiger partial charge is 0.507 e. The molecule has 2 heterocycles. The average molecular weight is 297 g/mol. The second kappa shape index (κ2) is 5.68. The van der Waals surface area contributed by atoms with Gasteiger partial charge in [-0.15, -0.1) is 0 Å². The molecule has 2 aromatic heterocycles. The molecule has 0 saturated carbocycles. The minimum atomic E-state index is 0.154. The summed E-state index contributed by atoms with van der Waals surface area (Å²) in [5.74, 6) is 0.732. The molecule has 7 heteroatoms. The van der Waals surface area contributed by atoms with Crippen molar-refractivity contribution in [2.45, 2.75) is 0 Å². The normalized spacial score (nSPS) is 11.0. The van der Waals surface area contributed by atoms with Crippen LogP contribution in [0, 0.1) is 4.77 Å². The molecule has 0 radical (unpaired) electrons. The van der Waals surface area contributed by atoms with Crippen LogP contribution in [0.3, 0.4) is 0 Å². The van der Waals surface area contributed by atoms with Crippen molar-refractivity contribution >= 4 is 18.4 Å². The first-order valence-electron chi connectivity index (χ1n) is 6.16. The topological polar surface area (TPSA) is 79.1 Å². The summed E-state index contributed by atoms with van der Waals surface area (Å²) in [6.45, 7) is 0. The number of aromatic amines is 1. The number of rotatable bonds is 3. The van der Waals surface area contributed by atoms with E-state index in [0.29, 0.717) is 16.2 Å². The zero-order valence-corrected chi connectivity index (χ0v) is 11.7. The number of nitrogens with one attached hydrogen (secondary N) is 1. The maximum atomic E-state index is 9.74. The number of benzene rings is 1. The van der Waals surface area contributed by atoms with Gasteiger partial charge in [0.25, 0.3) is 0 Å². The van der Waals surface area contributed by atoms with E-state index >= 15 is 0 Å². The number of aromatic hydroxyl groups is 1. The maximum absolute atomic E-state index is 9.74. The van der Waals surface area contributed by atoms with Gasteiger partial charge in [0, 0.05) is 23.5 Å². The van der Waals surface area contributed by atoms with Crippen LogP contribution in [0.25, 0.3) is 11.4 Å². The third kappa shape index (κ3) is 2.72. The third-order valence-corrected chi connectivity index (χ3v) is 3.10. The number of aromatic nitrogens is 4. The third-order valence-electron chi connectivity index (χ3n) is 2.84. The average Bonchev–Trinajstić information content (AvgIpc) is 2.88. The standard InChI is InChI=1S/C14H11N5OS/c20-12-4-2-1-3-11(12)9-16-19-13(17-18-14(19)21)10-5-7-15-8-6-10/h1-9,20H,(H,18,21). The van der Waals surface area contributed by atoms with Gasteiger partial charge >= 0.3 is 0 Å². The molecule has 21 heavy (non-hydrogen) atoms. The first-order chi connectivity index (χ1) is 10.3. The number of hydrogen-bond acceptors (Lipinski definition) is 5. The summed E-state index contributed by atoms with van der Waals surface area (Å²) in [6.07, 6.45) is 4.87. The van der Waals surface area contributed by atoms with Crippen LogP contribution >= 0.6 is 12.2 Å². The van der Waals surface area contributed by atoms with Crippen molar-refractivity contribution in [3.05, 3.63) is 59.1 Å². The molecular formula is C14H11N5OS. The Labute approximate surface area is 125 Å². The molecule has 0 fully saturated rings. The monoisotopic (exact) mass is 297 g/mol. The van der Waals surface area contributed by atoms with Crippen LogP contribution in [0.15, 0.2) is 53.9 Å². The molecule has 0 atom stereocenters. The summed E-state index contributed by atoms with van der Waals surface area (Å²) in [7, 11) is 0. The first-order valence-corrected chi connectivity index (χ1v) is 6.57. The molecule has 0 saturated heterocycles. The zero-order chi connectivity index (χ0) is 14.7. The quantitative estimate of drug-likeness (QED) is 0.575. The van der Waals surface area contributed by atoms with Gasteiger partial charge in [0.15, 0.2) is 5.82 Å². The highest BCUT2D eigenvalue weighted by atomic mass is 32.1.